The maximum absolute atomic E-state index is 4.14. The number of hydrogen-bond donors (Lipinski definition) is 0. The van der Waals surface area contributed by atoms with E-state index in [9.17, 15) is 0 Å². The summed E-state index contributed by atoms with van der Waals surface area (Å²) in [6.45, 7) is 2.06. The van der Waals surface area contributed by atoms with E-state index in [2.05, 4.69) is 18.0 Å². The molecule has 0 fully saturated rings. The monoisotopic (exact) mass is 153 g/mol. The molecule has 0 aromatic carbocycles. The zero-order chi connectivity index (χ0) is 6.69. The second-order valence-electron chi connectivity index (χ2n) is 1.85. The zero-order valence-electron chi connectivity index (χ0n) is 5.26. The number of rotatable bonds is 1. The molecular formula is C7H7NTi. The van der Waals surface area contributed by atoms with Gasteiger partial charge in [0, 0.05) is 0 Å². The van der Waals surface area contributed by atoms with E-state index in [1.54, 1.807) is 0 Å². The predicted octanol–water partition coefficient (Wildman–Crippen LogP) is 1.09. The number of nitrogens with zero attached hydrogens (tertiary/aromatic N) is 1. The molecule has 0 spiro atoms. The van der Waals surface area contributed by atoms with E-state index in [4.69, 9.17) is 0 Å². The molecule has 1 aromatic rings. The second kappa shape index (κ2) is 3.04. The zero-order valence-corrected chi connectivity index (χ0v) is 6.82. The van der Waals surface area contributed by atoms with Gasteiger partial charge in [0.05, 0.1) is 0 Å². The summed E-state index contributed by atoms with van der Waals surface area (Å²) in [5.74, 6) is 0. The molecule has 0 atom stereocenters. The summed E-state index contributed by atoms with van der Waals surface area (Å²) in [5.41, 5.74) is 2.32. The summed E-state index contributed by atoms with van der Waals surface area (Å²) in [6.07, 6.45) is 1.81. The second-order valence-corrected chi connectivity index (χ2v) is 2.30. The van der Waals surface area contributed by atoms with Gasteiger partial charge in [0.25, 0.3) is 0 Å². The first-order valence-electron chi connectivity index (χ1n) is 2.76. The van der Waals surface area contributed by atoms with E-state index in [1.807, 2.05) is 36.5 Å². The average Bonchev–Trinajstić information content (AvgIpc) is 1.89. The van der Waals surface area contributed by atoms with Crippen LogP contribution in [0.25, 0.3) is 0 Å². The molecule has 1 nitrogen and oxygen atoms in total. The van der Waals surface area contributed by atoms with Crippen molar-refractivity contribution >= 4 is 4.31 Å². The van der Waals surface area contributed by atoms with Gasteiger partial charge in [-0.05, 0) is 0 Å². The molecule has 0 amide bonds. The molecule has 1 rings (SSSR count). The Hall–Kier alpha value is -0.266. The van der Waals surface area contributed by atoms with E-state index in [0.717, 1.165) is 5.69 Å². The summed E-state index contributed by atoms with van der Waals surface area (Å²) in [4.78, 5) is 4.14. The van der Waals surface area contributed by atoms with E-state index < -0.39 is 0 Å². The molecule has 0 N–H and O–H groups in total. The minimum absolute atomic E-state index is 1.08. The third-order valence-electron chi connectivity index (χ3n) is 1.19. The van der Waals surface area contributed by atoms with Gasteiger partial charge in [0.15, 0.2) is 0 Å². The Labute approximate surface area is 66.0 Å². The standard InChI is InChI=1S/C7H7N.Ti/c1-6-4-3-5-8-7(6)2;/h2-5H,1H3;. The topological polar surface area (TPSA) is 12.9 Å². The van der Waals surface area contributed by atoms with E-state index >= 15 is 0 Å². The number of pyridine rings is 1. The SMILES string of the molecule is Cc1cccnc1[CH]=[Ti]. The van der Waals surface area contributed by atoms with Crippen molar-refractivity contribution < 1.29 is 20.0 Å². The normalized spacial score (nSPS) is 8.89. The third kappa shape index (κ3) is 1.57. The van der Waals surface area contributed by atoms with Crippen molar-refractivity contribution in [2.45, 2.75) is 6.92 Å². The van der Waals surface area contributed by atoms with Crippen LogP contribution in [0.1, 0.15) is 11.3 Å². The molecule has 1 heterocycles. The first-order valence-corrected chi connectivity index (χ1v) is 3.67. The molecule has 0 aliphatic rings. The van der Waals surface area contributed by atoms with Crippen molar-refractivity contribution in [2.24, 2.45) is 0 Å². The minimum atomic E-state index is 1.08. The molecule has 0 saturated carbocycles. The van der Waals surface area contributed by atoms with E-state index in [0.29, 0.717) is 0 Å². The van der Waals surface area contributed by atoms with Gasteiger partial charge in [-0.2, -0.15) is 0 Å². The quantitative estimate of drug-likeness (QED) is 0.550. The van der Waals surface area contributed by atoms with E-state index in [1.165, 1.54) is 5.56 Å². The molecule has 2 heteroatoms. The first kappa shape index (κ1) is 6.85. The maximum atomic E-state index is 4.14. The van der Waals surface area contributed by atoms with Gasteiger partial charge in [-0.25, -0.2) is 0 Å². The average molecular weight is 153 g/mol. The van der Waals surface area contributed by atoms with Crippen molar-refractivity contribution in [3.63, 3.8) is 0 Å². The molecule has 44 valence electrons. The van der Waals surface area contributed by atoms with Crippen molar-refractivity contribution in [1.29, 1.82) is 0 Å². The van der Waals surface area contributed by atoms with Gasteiger partial charge in [-0.15, -0.1) is 0 Å². The fourth-order valence-corrected chi connectivity index (χ4v) is 1.12. The van der Waals surface area contributed by atoms with Crippen molar-refractivity contribution in [3.8, 4) is 0 Å². The van der Waals surface area contributed by atoms with Gasteiger partial charge in [0.1, 0.15) is 0 Å². The van der Waals surface area contributed by atoms with Crippen molar-refractivity contribution in [1.82, 2.24) is 4.98 Å². The number of aromatic nitrogens is 1. The Balaban J connectivity index is 3.15. The molecule has 1 aromatic heterocycles. The van der Waals surface area contributed by atoms with Crippen LogP contribution in [-0.4, -0.2) is 9.30 Å². The Morgan fingerprint density at radius 2 is 2.44 bits per heavy atom. The Kier molecular flexibility index (Phi) is 2.32. The van der Waals surface area contributed by atoms with Crippen LogP contribution in [0.5, 0.6) is 0 Å². The Morgan fingerprint density at radius 3 is 2.89 bits per heavy atom. The van der Waals surface area contributed by atoms with Crippen LogP contribution in [0, 0.1) is 6.92 Å². The number of hydrogen-bond acceptors (Lipinski definition) is 1. The van der Waals surface area contributed by atoms with Gasteiger partial charge in [-0.1, -0.05) is 0 Å². The van der Waals surface area contributed by atoms with Crippen LogP contribution in [0.2, 0.25) is 0 Å². The molecule has 0 unspecified atom stereocenters. The van der Waals surface area contributed by atoms with Gasteiger partial charge < -0.3 is 0 Å². The third-order valence-corrected chi connectivity index (χ3v) is 1.61. The van der Waals surface area contributed by atoms with Crippen LogP contribution in [0.3, 0.4) is 0 Å². The molecule has 0 bridgehead atoms. The van der Waals surface area contributed by atoms with Crippen LogP contribution in [0.4, 0.5) is 0 Å². The Morgan fingerprint density at radius 1 is 1.67 bits per heavy atom. The molecule has 0 aliphatic heterocycles. The predicted molar refractivity (Wildman–Crippen MR) is 34.1 cm³/mol. The van der Waals surface area contributed by atoms with Crippen molar-refractivity contribution in [2.75, 3.05) is 0 Å². The fraction of sp³-hybridized carbons (Fsp3) is 0.143. The van der Waals surface area contributed by atoms with Crippen LogP contribution in [-0.2, 0) is 20.0 Å². The van der Waals surface area contributed by atoms with Gasteiger partial charge in [-0.3, -0.25) is 0 Å². The molecule has 0 radical (unpaired) electrons. The summed E-state index contributed by atoms with van der Waals surface area (Å²) < 4.78 is 2.01. The van der Waals surface area contributed by atoms with Crippen LogP contribution < -0.4 is 0 Å². The fourth-order valence-electron chi connectivity index (χ4n) is 0.649. The molecule has 9 heavy (non-hydrogen) atoms. The van der Waals surface area contributed by atoms with Crippen LogP contribution >= 0.6 is 0 Å². The van der Waals surface area contributed by atoms with Crippen LogP contribution in [0.15, 0.2) is 18.3 Å². The number of aryl methyl sites for hydroxylation is 1. The first-order chi connectivity index (χ1) is 4.34. The Bertz CT molecular complexity index is 220. The summed E-state index contributed by atoms with van der Waals surface area (Å²) in [6, 6.07) is 4.00. The summed E-state index contributed by atoms with van der Waals surface area (Å²) in [5, 5.41) is 0. The van der Waals surface area contributed by atoms with Gasteiger partial charge >= 0.3 is 65.8 Å². The molecule has 0 saturated heterocycles. The molecule has 0 aliphatic carbocycles. The van der Waals surface area contributed by atoms with E-state index in [-0.39, 0.29) is 0 Å². The summed E-state index contributed by atoms with van der Waals surface area (Å²) in [7, 11) is 0. The molecular weight excluding hydrogens is 146 g/mol. The summed E-state index contributed by atoms with van der Waals surface area (Å²) >= 11 is 2.00. The van der Waals surface area contributed by atoms with Crippen molar-refractivity contribution in [3.05, 3.63) is 29.6 Å². The van der Waals surface area contributed by atoms with Gasteiger partial charge in [0.2, 0.25) is 0 Å².